The first kappa shape index (κ1) is 11.9. The van der Waals surface area contributed by atoms with Crippen molar-refractivity contribution in [3.05, 3.63) is 46.8 Å². The molecule has 0 unspecified atom stereocenters. The van der Waals surface area contributed by atoms with E-state index < -0.39 is 0 Å². The Balaban J connectivity index is 2.16. The number of hydrogen-bond acceptors (Lipinski definition) is 3. The van der Waals surface area contributed by atoms with Crippen molar-refractivity contribution in [2.24, 2.45) is 0 Å². The lowest BCUT2D eigenvalue weighted by Gasteiger charge is -2.03. The third-order valence-corrected chi connectivity index (χ3v) is 2.74. The average molecular weight is 240 g/mol. The van der Waals surface area contributed by atoms with Gasteiger partial charge in [-0.25, -0.2) is 0 Å². The van der Waals surface area contributed by atoms with Crippen LogP contribution in [-0.2, 0) is 0 Å². The Labute approximate surface area is 104 Å². The third-order valence-electron chi connectivity index (χ3n) is 2.74. The van der Waals surface area contributed by atoms with Gasteiger partial charge in [0.1, 0.15) is 0 Å². The van der Waals surface area contributed by atoms with E-state index in [1.807, 2.05) is 19.9 Å². The molecule has 18 heavy (non-hydrogen) atoms. The first-order valence-corrected chi connectivity index (χ1v) is 5.45. The van der Waals surface area contributed by atoms with E-state index in [1.54, 1.807) is 24.3 Å². The van der Waals surface area contributed by atoms with Gasteiger partial charge in [-0.3, -0.25) is 9.89 Å². The van der Waals surface area contributed by atoms with Crippen LogP contribution in [0.4, 0.5) is 5.69 Å². The topological polar surface area (TPSA) is 81.6 Å². The van der Waals surface area contributed by atoms with Gasteiger partial charge in [0.2, 0.25) is 0 Å². The maximum absolute atomic E-state index is 11.9. The van der Waals surface area contributed by atoms with Crippen LogP contribution in [-0.4, -0.2) is 16.1 Å². The Morgan fingerprint density at radius 2 is 2.00 bits per heavy atom. The summed E-state index contributed by atoms with van der Waals surface area (Å²) in [5, 5.41) is 18.1. The van der Waals surface area contributed by atoms with Crippen molar-refractivity contribution in [2.45, 2.75) is 13.8 Å². The molecular weight excluding hydrogens is 228 g/mol. The second-order valence-electron chi connectivity index (χ2n) is 3.97. The zero-order chi connectivity index (χ0) is 13.1. The Hall–Kier alpha value is -2.61. The number of aryl methyl sites for hydroxylation is 1. The Morgan fingerprint density at radius 1 is 1.33 bits per heavy atom. The molecule has 90 valence electrons. The molecule has 0 fully saturated rings. The van der Waals surface area contributed by atoms with Crippen LogP contribution in [0.3, 0.4) is 0 Å². The SMILES string of the molecule is Cc1[nH]nc(C(=O)Nc2ccc(C#N)cc2)c1C. The fraction of sp³-hybridized carbons (Fsp3) is 0.154. The van der Waals surface area contributed by atoms with Crippen molar-refractivity contribution < 1.29 is 4.79 Å². The van der Waals surface area contributed by atoms with Gasteiger partial charge < -0.3 is 5.32 Å². The number of nitriles is 1. The summed E-state index contributed by atoms with van der Waals surface area (Å²) in [4.78, 5) is 11.9. The summed E-state index contributed by atoms with van der Waals surface area (Å²) >= 11 is 0. The molecule has 1 heterocycles. The van der Waals surface area contributed by atoms with Crippen LogP contribution in [0.2, 0.25) is 0 Å². The van der Waals surface area contributed by atoms with E-state index in [1.165, 1.54) is 0 Å². The van der Waals surface area contributed by atoms with Crippen LogP contribution in [0.25, 0.3) is 0 Å². The van der Waals surface area contributed by atoms with Gasteiger partial charge in [0.05, 0.1) is 11.6 Å². The number of rotatable bonds is 2. The maximum Gasteiger partial charge on any atom is 0.276 e. The van der Waals surface area contributed by atoms with Crippen LogP contribution < -0.4 is 5.32 Å². The van der Waals surface area contributed by atoms with Crippen LogP contribution in [0.15, 0.2) is 24.3 Å². The summed E-state index contributed by atoms with van der Waals surface area (Å²) in [5.74, 6) is -0.262. The molecule has 0 atom stereocenters. The lowest BCUT2D eigenvalue weighted by atomic mass is 10.2. The number of H-pyrrole nitrogens is 1. The molecular formula is C13H12N4O. The van der Waals surface area contributed by atoms with E-state index >= 15 is 0 Å². The van der Waals surface area contributed by atoms with E-state index in [4.69, 9.17) is 5.26 Å². The Kier molecular flexibility index (Phi) is 3.11. The number of aromatic amines is 1. The zero-order valence-corrected chi connectivity index (χ0v) is 10.1. The summed E-state index contributed by atoms with van der Waals surface area (Å²) in [7, 11) is 0. The molecule has 0 saturated heterocycles. The van der Waals surface area contributed by atoms with Gasteiger partial charge in [-0.05, 0) is 38.1 Å². The summed E-state index contributed by atoms with van der Waals surface area (Å²) < 4.78 is 0. The van der Waals surface area contributed by atoms with Gasteiger partial charge >= 0.3 is 0 Å². The molecule has 2 aromatic rings. The monoisotopic (exact) mass is 240 g/mol. The lowest BCUT2D eigenvalue weighted by Crippen LogP contribution is -2.13. The van der Waals surface area contributed by atoms with E-state index in [9.17, 15) is 4.79 Å². The second-order valence-corrected chi connectivity index (χ2v) is 3.97. The molecule has 0 saturated carbocycles. The minimum absolute atomic E-state index is 0.262. The highest BCUT2D eigenvalue weighted by Crippen LogP contribution is 2.13. The Bertz CT molecular complexity index is 619. The first-order valence-electron chi connectivity index (χ1n) is 5.45. The molecule has 0 radical (unpaired) electrons. The molecule has 0 aliphatic carbocycles. The molecule has 1 aromatic carbocycles. The number of hydrogen-bond donors (Lipinski definition) is 2. The van der Waals surface area contributed by atoms with Crippen LogP contribution in [0.5, 0.6) is 0 Å². The second kappa shape index (κ2) is 4.72. The molecule has 1 amide bonds. The largest absolute Gasteiger partial charge is 0.321 e. The maximum atomic E-state index is 11.9. The highest BCUT2D eigenvalue weighted by atomic mass is 16.1. The predicted molar refractivity (Wildman–Crippen MR) is 67.2 cm³/mol. The van der Waals surface area contributed by atoms with Gasteiger partial charge in [-0.2, -0.15) is 10.4 Å². The van der Waals surface area contributed by atoms with Crippen LogP contribution in [0, 0.1) is 25.2 Å². The van der Waals surface area contributed by atoms with Crippen molar-refractivity contribution >= 4 is 11.6 Å². The first-order chi connectivity index (χ1) is 8.61. The number of nitrogens with one attached hydrogen (secondary N) is 2. The average Bonchev–Trinajstić information content (AvgIpc) is 2.71. The summed E-state index contributed by atoms with van der Waals surface area (Å²) in [6.45, 7) is 3.70. The smallest absolute Gasteiger partial charge is 0.276 e. The van der Waals surface area contributed by atoms with E-state index in [-0.39, 0.29) is 5.91 Å². The van der Waals surface area contributed by atoms with E-state index in [2.05, 4.69) is 15.5 Å². The fourth-order valence-corrected chi connectivity index (χ4v) is 1.52. The molecule has 1 aromatic heterocycles. The highest BCUT2D eigenvalue weighted by molar-refractivity contribution is 6.03. The molecule has 2 N–H and O–H groups in total. The van der Waals surface area contributed by atoms with Crippen LogP contribution in [0.1, 0.15) is 27.3 Å². The molecule has 2 rings (SSSR count). The number of carbonyl (C=O) groups excluding carboxylic acids is 1. The number of anilines is 1. The minimum Gasteiger partial charge on any atom is -0.321 e. The molecule has 5 heteroatoms. The van der Waals surface area contributed by atoms with Crippen molar-refractivity contribution in [3.63, 3.8) is 0 Å². The number of carbonyl (C=O) groups is 1. The Morgan fingerprint density at radius 3 is 2.50 bits per heavy atom. The van der Waals surface area contributed by atoms with Crippen LogP contribution >= 0.6 is 0 Å². The number of amides is 1. The summed E-state index contributed by atoms with van der Waals surface area (Å²) in [6, 6.07) is 8.70. The third kappa shape index (κ3) is 2.23. The molecule has 0 aliphatic heterocycles. The molecule has 0 aliphatic rings. The minimum atomic E-state index is -0.262. The van der Waals surface area contributed by atoms with Crippen molar-refractivity contribution in [1.29, 1.82) is 5.26 Å². The molecule has 0 spiro atoms. The number of aromatic nitrogens is 2. The zero-order valence-electron chi connectivity index (χ0n) is 10.1. The van der Waals surface area contributed by atoms with Crippen molar-refractivity contribution in [3.8, 4) is 6.07 Å². The summed E-state index contributed by atoms with van der Waals surface area (Å²) in [6.07, 6.45) is 0. The molecule has 5 nitrogen and oxygen atoms in total. The standard InChI is InChI=1S/C13H12N4O/c1-8-9(2)16-17-12(8)13(18)15-11-5-3-10(7-14)4-6-11/h3-6H,1-2H3,(H,15,18)(H,16,17). The van der Waals surface area contributed by atoms with Gasteiger partial charge in [-0.1, -0.05) is 0 Å². The van der Waals surface area contributed by atoms with Gasteiger partial charge in [0.15, 0.2) is 5.69 Å². The lowest BCUT2D eigenvalue weighted by molar-refractivity contribution is 0.102. The quantitative estimate of drug-likeness (QED) is 0.843. The van der Waals surface area contributed by atoms with E-state index in [0.717, 1.165) is 11.3 Å². The number of benzene rings is 1. The summed E-state index contributed by atoms with van der Waals surface area (Å²) in [5.41, 5.74) is 3.29. The highest BCUT2D eigenvalue weighted by Gasteiger charge is 2.14. The van der Waals surface area contributed by atoms with Gasteiger partial charge in [0, 0.05) is 16.9 Å². The number of nitrogens with zero attached hydrogens (tertiary/aromatic N) is 2. The van der Waals surface area contributed by atoms with Gasteiger partial charge in [0.25, 0.3) is 5.91 Å². The molecule has 0 bridgehead atoms. The van der Waals surface area contributed by atoms with E-state index in [0.29, 0.717) is 16.9 Å². The van der Waals surface area contributed by atoms with Crippen molar-refractivity contribution in [2.75, 3.05) is 5.32 Å². The normalized spacial score (nSPS) is 9.83. The predicted octanol–water partition coefficient (Wildman–Crippen LogP) is 2.15. The van der Waals surface area contributed by atoms with Crippen molar-refractivity contribution in [1.82, 2.24) is 10.2 Å². The van der Waals surface area contributed by atoms with Gasteiger partial charge in [-0.15, -0.1) is 0 Å². The fourth-order valence-electron chi connectivity index (χ4n) is 1.52.